The second-order valence-electron chi connectivity index (χ2n) is 2.23. The molecule has 0 unspecified atom stereocenters. The summed E-state index contributed by atoms with van der Waals surface area (Å²) in [5.74, 6) is 0. The van der Waals surface area contributed by atoms with Crippen molar-refractivity contribution in [1.82, 2.24) is 4.78 Å². The molecule has 0 saturated heterocycles. The van der Waals surface area contributed by atoms with Gasteiger partial charge < -0.3 is 0 Å². The molecule has 0 aromatic heterocycles. The van der Waals surface area contributed by atoms with Crippen LogP contribution in [0.3, 0.4) is 0 Å². The van der Waals surface area contributed by atoms with Gasteiger partial charge in [-0.25, -0.2) is 0 Å². The van der Waals surface area contributed by atoms with Crippen molar-refractivity contribution >= 4 is 20.0 Å². The molecule has 0 radical (unpaired) electrons. The van der Waals surface area contributed by atoms with Crippen molar-refractivity contribution in [3.05, 3.63) is 0 Å². The van der Waals surface area contributed by atoms with Gasteiger partial charge in [0.1, 0.15) is 0 Å². The monoisotopic (exact) mass is 133 g/mol. The summed E-state index contributed by atoms with van der Waals surface area (Å²) < 4.78 is 8.42. The van der Waals surface area contributed by atoms with Crippen molar-refractivity contribution in [3.63, 3.8) is 0 Å². The van der Waals surface area contributed by atoms with Gasteiger partial charge in [-0.3, -0.25) is 4.78 Å². The molecule has 0 aromatic rings. The molecule has 0 aliphatic heterocycles. The highest BCUT2D eigenvalue weighted by Crippen LogP contribution is 2.38. The number of rotatable bonds is 2. The van der Waals surface area contributed by atoms with Crippen molar-refractivity contribution in [2.75, 3.05) is 20.4 Å². The number of nitrogens with zero attached hydrogens (tertiary/aromatic N) is 2. The van der Waals surface area contributed by atoms with E-state index in [9.17, 15) is 0 Å². The van der Waals surface area contributed by atoms with E-state index in [1.54, 1.807) is 4.78 Å². The van der Waals surface area contributed by atoms with E-state index in [1.807, 2.05) is 20.4 Å². The molecular weight excluding hydrogens is 119 g/mol. The van der Waals surface area contributed by atoms with Crippen LogP contribution in [0.25, 0.3) is 0 Å². The van der Waals surface area contributed by atoms with E-state index in [0.717, 1.165) is 6.69 Å². The normalized spacial score (nSPS) is 14.1. The van der Waals surface area contributed by atoms with Gasteiger partial charge in [-0.1, -0.05) is 6.30 Å². The SMILES string of the molecule is [2H]C=NN(C)P(=C)(C)C. The maximum Gasteiger partial charge on any atom is 0.0772 e. The molecule has 0 aromatic carbocycles. The molecule has 0 atom stereocenters. The third kappa shape index (κ3) is 2.17. The summed E-state index contributed by atoms with van der Waals surface area (Å²) in [5, 5.41) is 3.76. The summed E-state index contributed by atoms with van der Waals surface area (Å²) in [7, 11) is 0.581. The number of hydrazone groups is 1. The molecule has 0 bridgehead atoms. The highest BCUT2D eigenvalue weighted by molar-refractivity contribution is 7.69. The Bertz CT molecular complexity index is 149. The lowest BCUT2D eigenvalue weighted by molar-refractivity contribution is 0.602. The molecule has 0 rings (SSSR count). The summed E-state index contributed by atoms with van der Waals surface area (Å²) in [5.41, 5.74) is 0. The van der Waals surface area contributed by atoms with Gasteiger partial charge in [0.15, 0.2) is 0 Å². The van der Waals surface area contributed by atoms with E-state index in [-0.39, 0.29) is 0 Å². The topological polar surface area (TPSA) is 15.6 Å². The highest BCUT2D eigenvalue weighted by Gasteiger charge is 2.00. The molecule has 8 heavy (non-hydrogen) atoms. The highest BCUT2D eigenvalue weighted by atomic mass is 31.2. The molecule has 0 fully saturated rings. The minimum Gasteiger partial charge on any atom is -0.283 e. The Balaban J connectivity index is 4.05. The fourth-order valence-corrected chi connectivity index (χ4v) is 0.419. The zero-order chi connectivity index (χ0) is 7.49. The molecule has 0 aliphatic carbocycles. The molecule has 0 saturated carbocycles. The Morgan fingerprint density at radius 3 is 2.38 bits per heavy atom. The average Bonchev–Trinajstić information content (AvgIpc) is 1.64. The first-order chi connectivity index (χ1) is 3.98. The minimum atomic E-state index is -1.26. The fraction of sp³-hybridized carbons (Fsp3) is 0.600. The Labute approximate surface area is 52.6 Å². The third-order valence-corrected chi connectivity index (χ3v) is 2.62. The summed E-state index contributed by atoms with van der Waals surface area (Å²) >= 11 is 0. The van der Waals surface area contributed by atoms with E-state index >= 15 is 0 Å². The first-order valence-electron chi connectivity index (χ1n) is 2.89. The standard InChI is InChI=1S/C5H13N2P/c1-6-7(2)8(3,4)5/h1,3H2,2,4-5H3/i1D. The minimum absolute atomic E-state index is 1.03. The van der Waals surface area contributed by atoms with Crippen molar-refractivity contribution in [1.29, 1.82) is 0 Å². The van der Waals surface area contributed by atoms with E-state index in [0.29, 0.717) is 0 Å². The van der Waals surface area contributed by atoms with Crippen LogP contribution in [0.2, 0.25) is 0 Å². The van der Waals surface area contributed by atoms with Crippen molar-refractivity contribution in [2.45, 2.75) is 0 Å². The Morgan fingerprint density at radius 1 is 1.75 bits per heavy atom. The maximum atomic E-state index is 6.67. The largest absolute Gasteiger partial charge is 0.283 e. The molecular formula is C5H13N2P. The molecule has 0 amide bonds. The first-order valence-corrected chi connectivity index (χ1v) is 5.14. The second-order valence-corrected chi connectivity index (χ2v) is 6.05. The predicted molar refractivity (Wildman–Crippen MR) is 43.2 cm³/mol. The molecule has 0 heterocycles. The zero-order valence-corrected chi connectivity index (χ0v) is 6.52. The maximum absolute atomic E-state index is 6.67. The van der Waals surface area contributed by atoms with Gasteiger partial charge in [-0.05, 0) is 20.4 Å². The van der Waals surface area contributed by atoms with E-state index in [1.165, 1.54) is 0 Å². The number of hydrogen-bond acceptors (Lipinski definition) is 2. The Hall–Kier alpha value is -0.230. The van der Waals surface area contributed by atoms with Crippen LogP contribution in [0.15, 0.2) is 5.10 Å². The molecule has 3 heteroatoms. The second kappa shape index (κ2) is 2.36. The van der Waals surface area contributed by atoms with Crippen LogP contribution in [0, 0.1) is 0 Å². The van der Waals surface area contributed by atoms with Gasteiger partial charge in [0.25, 0.3) is 0 Å². The Morgan fingerprint density at radius 2 is 2.25 bits per heavy atom. The Kier molecular flexibility index (Phi) is 1.74. The van der Waals surface area contributed by atoms with Gasteiger partial charge in [0.05, 0.1) is 1.37 Å². The molecule has 0 aliphatic rings. The van der Waals surface area contributed by atoms with Crippen LogP contribution in [-0.4, -0.2) is 38.1 Å². The van der Waals surface area contributed by atoms with E-state index in [2.05, 4.69) is 11.4 Å². The van der Waals surface area contributed by atoms with E-state index < -0.39 is 7.04 Å². The van der Waals surface area contributed by atoms with Crippen molar-refractivity contribution in [3.8, 4) is 0 Å². The van der Waals surface area contributed by atoms with Crippen LogP contribution in [0.5, 0.6) is 0 Å². The lowest BCUT2D eigenvalue weighted by Gasteiger charge is -2.22. The third-order valence-electron chi connectivity index (χ3n) is 0.951. The van der Waals surface area contributed by atoms with Crippen LogP contribution >= 0.6 is 7.04 Å². The average molecular weight is 133 g/mol. The van der Waals surface area contributed by atoms with Gasteiger partial charge in [-0.2, -0.15) is 5.10 Å². The molecule has 48 valence electrons. The van der Waals surface area contributed by atoms with Crippen LogP contribution < -0.4 is 0 Å². The van der Waals surface area contributed by atoms with Gasteiger partial charge in [0.2, 0.25) is 0 Å². The van der Waals surface area contributed by atoms with E-state index in [4.69, 9.17) is 1.37 Å². The molecule has 0 spiro atoms. The summed E-state index contributed by atoms with van der Waals surface area (Å²) in [6, 6.07) is 0. The molecule has 0 N–H and O–H groups in total. The smallest absolute Gasteiger partial charge is 0.0772 e. The quantitative estimate of drug-likeness (QED) is 0.313. The fourth-order valence-electron chi connectivity index (χ4n) is 0.140. The van der Waals surface area contributed by atoms with Gasteiger partial charge in [-0.15, -0.1) is 0 Å². The van der Waals surface area contributed by atoms with Crippen molar-refractivity contribution in [2.24, 2.45) is 5.10 Å². The van der Waals surface area contributed by atoms with Gasteiger partial charge >= 0.3 is 0 Å². The summed E-state index contributed by atoms with van der Waals surface area (Å²) in [4.78, 5) is 0. The van der Waals surface area contributed by atoms with Crippen LogP contribution in [0.1, 0.15) is 1.37 Å². The predicted octanol–water partition coefficient (Wildman–Crippen LogP) is 1.16. The van der Waals surface area contributed by atoms with Crippen LogP contribution in [-0.2, 0) is 0 Å². The number of hydrogen-bond donors (Lipinski definition) is 0. The summed E-state index contributed by atoms with van der Waals surface area (Å²) in [6.45, 7) is 5.12. The lowest BCUT2D eigenvalue weighted by Crippen LogP contribution is -2.04. The van der Waals surface area contributed by atoms with Crippen LogP contribution in [0.4, 0.5) is 0 Å². The van der Waals surface area contributed by atoms with Gasteiger partial charge in [0, 0.05) is 13.7 Å². The lowest BCUT2D eigenvalue weighted by atomic mass is 11.5. The zero-order valence-electron chi connectivity index (χ0n) is 6.63. The first kappa shape index (κ1) is 5.90. The van der Waals surface area contributed by atoms with Crippen molar-refractivity contribution < 1.29 is 1.37 Å². The molecule has 2 nitrogen and oxygen atoms in total. The summed E-state index contributed by atoms with van der Waals surface area (Å²) in [6.07, 6.45) is 3.93.